The van der Waals surface area contributed by atoms with E-state index in [1.807, 2.05) is 66.7 Å². The highest BCUT2D eigenvalue weighted by Crippen LogP contribution is 2.29. The lowest BCUT2D eigenvalue weighted by molar-refractivity contribution is 0.0971. The average molecular weight is 302 g/mol. The highest BCUT2D eigenvalue weighted by Gasteiger charge is 2.26. The molecule has 2 aromatic rings. The third kappa shape index (κ3) is 4.05. The van der Waals surface area contributed by atoms with E-state index >= 15 is 0 Å². The van der Waals surface area contributed by atoms with Crippen molar-refractivity contribution in [2.24, 2.45) is 5.92 Å². The summed E-state index contributed by atoms with van der Waals surface area (Å²) in [7, 11) is 0. The zero-order chi connectivity index (χ0) is 16.7. The Morgan fingerprint density at radius 1 is 1.00 bits per heavy atom. The van der Waals surface area contributed by atoms with Crippen LogP contribution in [0.3, 0.4) is 0 Å². The van der Waals surface area contributed by atoms with Crippen LogP contribution >= 0.6 is 0 Å². The quantitative estimate of drug-likeness (QED) is 0.748. The number of hydrogen-bond acceptors (Lipinski definition) is 3. The second-order valence-corrected chi connectivity index (χ2v) is 5.43. The molecular formula is C20H18N2O. The molecule has 0 radical (unpaired) electrons. The van der Waals surface area contributed by atoms with E-state index < -0.39 is 11.8 Å². The summed E-state index contributed by atoms with van der Waals surface area (Å²) in [6.07, 6.45) is 1.08. The van der Waals surface area contributed by atoms with Gasteiger partial charge in [-0.2, -0.15) is 10.5 Å². The largest absolute Gasteiger partial charge is 0.294 e. The molecule has 0 heterocycles. The summed E-state index contributed by atoms with van der Waals surface area (Å²) >= 11 is 0. The zero-order valence-corrected chi connectivity index (χ0v) is 13.1. The molecule has 2 aromatic carbocycles. The molecule has 0 saturated heterocycles. The summed E-state index contributed by atoms with van der Waals surface area (Å²) in [6, 6.07) is 20.8. The number of nitrogens with zero attached hydrogens (tertiary/aromatic N) is 2. The van der Waals surface area contributed by atoms with Crippen molar-refractivity contribution in [2.75, 3.05) is 0 Å². The summed E-state index contributed by atoms with van der Waals surface area (Å²) in [4.78, 5) is 12.5. The van der Waals surface area contributed by atoms with E-state index in [9.17, 15) is 15.3 Å². The van der Waals surface area contributed by atoms with E-state index in [-0.39, 0.29) is 12.2 Å². The van der Waals surface area contributed by atoms with Crippen molar-refractivity contribution in [2.45, 2.75) is 25.7 Å². The van der Waals surface area contributed by atoms with Gasteiger partial charge in [0.25, 0.3) is 0 Å². The summed E-state index contributed by atoms with van der Waals surface area (Å²) in [5.41, 5.74) is 2.64. The number of Topliss-reactive ketones (excluding diaryl/α,β-unsaturated/α-hetero) is 1. The number of carbonyl (C=O) groups excluding carboxylic acids is 1. The van der Waals surface area contributed by atoms with Crippen LogP contribution in [-0.4, -0.2) is 5.78 Å². The molecule has 0 aliphatic carbocycles. The second-order valence-electron chi connectivity index (χ2n) is 5.43. The van der Waals surface area contributed by atoms with Gasteiger partial charge in [0.1, 0.15) is 5.92 Å². The van der Waals surface area contributed by atoms with Crippen molar-refractivity contribution >= 4 is 5.78 Å². The zero-order valence-electron chi connectivity index (χ0n) is 13.1. The predicted octanol–water partition coefficient (Wildman–Crippen LogP) is 4.27. The molecule has 114 valence electrons. The van der Waals surface area contributed by atoms with Crippen molar-refractivity contribution in [3.8, 4) is 12.1 Å². The first-order valence-corrected chi connectivity index (χ1v) is 7.66. The van der Waals surface area contributed by atoms with Crippen LogP contribution in [0.1, 0.15) is 40.7 Å². The number of carbonyl (C=O) groups is 1. The molecule has 23 heavy (non-hydrogen) atoms. The van der Waals surface area contributed by atoms with Crippen molar-refractivity contribution in [1.82, 2.24) is 0 Å². The number of benzene rings is 2. The SMILES string of the molecule is CCc1ccc(C(=O)CC(c2ccccc2)C(C#N)C#N)cc1. The van der Waals surface area contributed by atoms with Gasteiger partial charge in [-0.25, -0.2) is 0 Å². The van der Waals surface area contributed by atoms with Gasteiger partial charge in [-0.15, -0.1) is 0 Å². The van der Waals surface area contributed by atoms with Gasteiger partial charge < -0.3 is 0 Å². The molecule has 0 aliphatic rings. The van der Waals surface area contributed by atoms with Crippen LogP contribution in [-0.2, 0) is 6.42 Å². The van der Waals surface area contributed by atoms with Gasteiger partial charge in [0.05, 0.1) is 12.1 Å². The van der Waals surface area contributed by atoms with Gasteiger partial charge in [0.15, 0.2) is 5.78 Å². The summed E-state index contributed by atoms with van der Waals surface area (Å²) in [5, 5.41) is 18.5. The normalized spacial score (nSPS) is 11.5. The van der Waals surface area contributed by atoms with E-state index in [0.717, 1.165) is 12.0 Å². The van der Waals surface area contributed by atoms with Gasteiger partial charge in [-0.05, 0) is 17.5 Å². The maximum Gasteiger partial charge on any atom is 0.163 e. The van der Waals surface area contributed by atoms with Crippen LogP contribution in [0.15, 0.2) is 54.6 Å². The summed E-state index contributed by atoms with van der Waals surface area (Å²) < 4.78 is 0. The van der Waals surface area contributed by atoms with E-state index in [2.05, 4.69) is 6.92 Å². The lowest BCUT2D eigenvalue weighted by atomic mass is 9.83. The highest BCUT2D eigenvalue weighted by molar-refractivity contribution is 5.96. The number of ketones is 1. The van der Waals surface area contributed by atoms with Crippen LogP contribution in [0.4, 0.5) is 0 Å². The Balaban J connectivity index is 2.25. The first-order chi connectivity index (χ1) is 11.2. The Bertz CT molecular complexity index is 722. The van der Waals surface area contributed by atoms with Gasteiger partial charge >= 0.3 is 0 Å². The minimum atomic E-state index is -0.837. The van der Waals surface area contributed by atoms with Crippen molar-refractivity contribution < 1.29 is 4.79 Å². The number of rotatable bonds is 6. The first kappa shape index (κ1) is 16.5. The molecular weight excluding hydrogens is 284 g/mol. The molecule has 0 aromatic heterocycles. The Hall–Kier alpha value is -2.91. The molecule has 0 aliphatic heterocycles. The van der Waals surface area contributed by atoms with Crippen molar-refractivity contribution in [3.05, 3.63) is 71.3 Å². The maximum atomic E-state index is 12.5. The molecule has 3 nitrogen and oxygen atoms in total. The molecule has 2 rings (SSSR count). The van der Waals surface area contributed by atoms with Crippen LogP contribution in [0.25, 0.3) is 0 Å². The third-order valence-corrected chi connectivity index (χ3v) is 4.00. The molecule has 0 fully saturated rings. The average Bonchev–Trinajstić information content (AvgIpc) is 2.62. The second kappa shape index (κ2) is 7.92. The lowest BCUT2D eigenvalue weighted by Crippen LogP contribution is -2.15. The minimum absolute atomic E-state index is 0.0444. The number of hydrogen-bond donors (Lipinski definition) is 0. The molecule has 1 unspecified atom stereocenters. The van der Waals surface area contributed by atoms with Crippen LogP contribution < -0.4 is 0 Å². The smallest absolute Gasteiger partial charge is 0.163 e. The Labute approximate surface area is 136 Å². The van der Waals surface area contributed by atoms with Gasteiger partial charge in [0, 0.05) is 17.9 Å². The fourth-order valence-corrected chi connectivity index (χ4v) is 2.58. The van der Waals surface area contributed by atoms with Crippen LogP contribution in [0.5, 0.6) is 0 Å². The Morgan fingerprint density at radius 3 is 2.13 bits per heavy atom. The van der Waals surface area contributed by atoms with Gasteiger partial charge in [-0.1, -0.05) is 61.5 Å². The van der Waals surface area contributed by atoms with E-state index in [1.165, 1.54) is 5.56 Å². The third-order valence-electron chi connectivity index (χ3n) is 4.00. The summed E-state index contributed by atoms with van der Waals surface area (Å²) in [6.45, 7) is 2.06. The topological polar surface area (TPSA) is 64.7 Å². The van der Waals surface area contributed by atoms with Gasteiger partial charge in [0.2, 0.25) is 0 Å². The monoisotopic (exact) mass is 302 g/mol. The number of nitriles is 2. The predicted molar refractivity (Wildman–Crippen MR) is 88.7 cm³/mol. The van der Waals surface area contributed by atoms with E-state index in [4.69, 9.17) is 0 Å². The van der Waals surface area contributed by atoms with Crippen LogP contribution in [0, 0.1) is 28.6 Å². The van der Waals surface area contributed by atoms with E-state index in [0.29, 0.717) is 5.56 Å². The Kier molecular flexibility index (Phi) is 5.67. The summed E-state index contributed by atoms with van der Waals surface area (Å²) in [5.74, 6) is -1.29. The van der Waals surface area contributed by atoms with Crippen molar-refractivity contribution in [1.29, 1.82) is 10.5 Å². The molecule has 0 N–H and O–H groups in total. The Morgan fingerprint density at radius 2 is 1.61 bits per heavy atom. The van der Waals surface area contributed by atoms with Crippen LogP contribution in [0.2, 0.25) is 0 Å². The van der Waals surface area contributed by atoms with E-state index in [1.54, 1.807) is 0 Å². The number of aryl methyl sites for hydroxylation is 1. The fourth-order valence-electron chi connectivity index (χ4n) is 2.58. The molecule has 0 saturated carbocycles. The minimum Gasteiger partial charge on any atom is -0.294 e. The molecule has 0 spiro atoms. The lowest BCUT2D eigenvalue weighted by Gasteiger charge is -2.17. The van der Waals surface area contributed by atoms with Gasteiger partial charge in [-0.3, -0.25) is 4.79 Å². The highest BCUT2D eigenvalue weighted by atomic mass is 16.1. The molecule has 3 heteroatoms. The first-order valence-electron chi connectivity index (χ1n) is 7.66. The molecule has 1 atom stereocenters. The fraction of sp³-hybridized carbons (Fsp3) is 0.250. The molecule has 0 bridgehead atoms. The maximum absolute atomic E-state index is 12.5. The van der Waals surface area contributed by atoms with Crippen molar-refractivity contribution in [3.63, 3.8) is 0 Å². The molecule has 0 amide bonds. The standard InChI is InChI=1S/C20H18N2O/c1-2-15-8-10-17(11-9-15)20(23)12-19(18(13-21)14-22)16-6-4-3-5-7-16/h3-11,18-19H,2,12H2,1H3.